The van der Waals surface area contributed by atoms with Gasteiger partial charge in [0.05, 0.1) is 0 Å². The van der Waals surface area contributed by atoms with Gasteiger partial charge in [0.25, 0.3) is 0 Å². The van der Waals surface area contributed by atoms with Crippen LogP contribution in [-0.4, -0.2) is 11.7 Å². The molecule has 1 rings (SSSR count). The summed E-state index contributed by atoms with van der Waals surface area (Å²) in [5.41, 5.74) is 0.720. The number of anilines is 1. The van der Waals surface area contributed by atoms with Crippen LogP contribution in [0.25, 0.3) is 0 Å². The van der Waals surface area contributed by atoms with Gasteiger partial charge in [-0.05, 0) is 19.1 Å². The van der Waals surface area contributed by atoms with Gasteiger partial charge in [0, 0.05) is 19.1 Å². The Balaban J connectivity index is 3.04. The Bertz CT molecular complexity index is 322. The predicted octanol–water partition coefficient (Wildman–Crippen LogP) is 2.69. The van der Waals surface area contributed by atoms with Gasteiger partial charge in [-0.2, -0.15) is 5.10 Å². The molecule has 0 unspecified atom stereocenters. The molecule has 0 aliphatic rings. The summed E-state index contributed by atoms with van der Waals surface area (Å²) in [5.74, 6) is 0. The van der Waals surface area contributed by atoms with Crippen molar-refractivity contribution in [2.24, 2.45) is 5.10 Å². The van der Waals surface area contributed by atoms with Crippen LogP contribution in [0.3, 0.4) is 0 Å². The van der Waals surface area contributed by atoms with E-state index in [0.29, 0.717) is 5.15 Å². The Morgan fingerprint density at radius 1 is 1.69 bits per heavy atom. The Morgan fingerprint density at radius 2 is 2.46 bits per heavy atom. The molecule has 0 fully saturated rings. The molecule has 0 spiro atoms. The summed E-state index contributed by atoms with van der Waals surface area (Å²) < 4.78 is 0. The van der Waals surface area contributed by atoms with Crippen LogP contribution in [0, 0.1) is 0 Å². The molecule has 0 amide bonds. The average Bonchev–Trinajstić information content (AvgIpc) is 2.16. The minimum atomic E-state index is 0.410. The van der Waals surface area contributed by atoms with Crippen molar-refractivity contribution in [2.45, 2.75) is 6.92 Å². The number of hydrazone groups is 1. The maximum absolute atomic E-state index is 5.86. The lowest BCUT2D eigenvalue weighted by Crippen LogP contribution is -2.06. The minimum absolute atomic E-state index is 0.410. The first-order valence-corrected chi connectivity index (χ1v) is 4.16. The molecule has 1 aromatic rings. The highest BCUT2D eigenvalue weighted by atomic mass is 35.5. The molecule has 0 N–H and O–H groups in total. The fourth-order valence-corrected chi connectivity index (χ4v) is 1.10. The van der Waals surface area contributed by atoms with Gasteiger partial charge in [0.15, 0.2) is 5.15 Å². The maximum Gasteiger partial charge on any atom is 0.154 e. The van der Waals surface area contributed by atoms with E-state index >= 15 is 0 Å². The third-order valence-electron chi connectivity index (χ3n) is 1.43. The third-order valence-corrected chi connectivity index (χ3v) is 1.72. The number of hydrogen-bond donors (Lipinski definition) is 0. The molecule has 4 heteroatoms. The molecular formula is C9H10ClN3. The van der Waals surface area contributed by atoms with Crippen LogP contribution in [-0.2, 0) is 0 Å². The molecule has 0 aromatic carbocycles. The van der Waals surface area contributed by atoms with Crippen LogP contribution >= 0.6 is 11.6 Å². The van der Waals surface area contributed by atoms with Crippen molar-refractivity contribution in [2.75, 3.05) is 5.01 Å². The zero-order chi connectivity index (χ0) is 9.68. The van der Waals surface area contributed by atoms with Crippen molar-refractivity contribution < 1.29 is 0 Å². The summed E-state index contributed by atoms with van der Waals surface area (Å²) in [7, 11) is 0. The second-order valence-electron chi connectivity index (χ2n) is 2.28. The molecule has 0 aliphatic carbocycles. The number of halogens is 1. The molecule has 68 valence electrons. The van der Waals surface area contributed by atoms with Crippen LogP contribution in [0.1, 0.15) is 6.92 Å². The van der Waals surface area contributed by atoms with Crippen LogP contribution in [0.15, 0.2) is 35.7 Å². The topological polar surface area (TPSA) is 28.5 Å². The van der Waals surface area contributed by atoms with Gasteiger partial charge in [-0.3, -0.25) is 0 Å². The molecular weight excluding hydrogens is 186 g/mol. The summed E-state index contributed by atoms with van der Waals surface area (Å²) in [6.07, 6.45) is 5.23. The van der Waals surface area contributed by atoms with Crippen LogP contribution < -0.4 is 5.01 Å². The summed E-state index contributed by atoms with van der Waals surface area (Å²) in [5, 5.41) is 5.76. The van der Waals surface area contributed by atoms with Crippen molar-refractivity contribution in [1.29, 1.82) is 0 Å². The average molecular weight is 196 g/mol. The molecule has 3 nitrogen and oxygen atoms in total. The van der Waals surface area contributed by atoms with E-state index in [4.69, 9.17) is 11.6 Å². The summed E-state index contributed by atoms with van der Waals surface area (Å²) in [4.78, 5) is 3.93. The summed E-state index contributed by atoms with van der Waals surface area (Å²) in [6, 6.07) is 3.62. The van der Waals surface area contributed by atoms with E-state index in [1.165, 1.54) is 0 Å². The lowest BCUT2D eigenvalue weighted by atomic mass is 10.4. The van der Waals surface area contributed by atoms with Crippen molar-refractivity contribution in [3.63, 3.8) is 0 Å². The standard InChI is InChI=1S/C9H10ClN3/c1-3-7-13(11-2)8-5-4-6-12-9(8)10/h3-7H,2H2,1H3/b7-3-. The highest BCUT2D eigenvalue weighted by Gasteiger charge is 2.04. The van der Waals surface area contributed by atoms with E-state index in [0.717, 1.165) is 5.69 Å². The molecule has 0 radical (unpaired) electrons. The molecule has 0 saturated carbocycles. The lowest BCUT2D eigenvalue weighted by Gasteiger charge is -2.13. The second kappa shape index (κ2) is 4.62. The summed E-state index contributed by atoms with van der Waals surface area (Å²) in [6.45, 7) is 5.33. The van der Waals surface area contributed by atoms with Crippen molar-refractivity contribution >= 4 is 24.0 Å². The zero-order valence-electron chi connectivity index (χ0n) is 7.31. The largest absolute Gasteiger partial charge is 0.242 e. The van der Waals surface area contributed by atoms with E-state index in [-0.39, 0.29) is 0 Å². The first-order chi connectivity index (χ1) is 6.29. The number of nitrogens with zero attached hydrogens (tertiary/aromatic N) is 3. The molecule has 0 saturated heterocycles. The van der Waals surface area contributed by atoms with E-state index in [2.05, 4.69) is 16.8 Å². The van der Waals surface area contributed by atoms with Gasteiger partial charge in [0.2, 0.25) is 0 Å². The summed E-state index contributed by atoms with van der Waals surface area (Å²) >= 11 is 5.86. The number of pyridine rings is 1. The lowest BCUT2D eigenvalue weighted by molar-refractivity contribution is 1.07. The molecule has 0 bridgehead atoms. The third kappa shape index (κ3) is 2.29. The number of rotatable bonds is 3. The van der Waals surface area contributed by atoms with Crippen LogP contribution in [0.2, 0.25) is 5.15 Å². The zero-order valence-corrected chi connectivity index (χ0v) is 8.07. The second-order valence-corrected chi connectivity index (χ2v) is 2.64. The molecule has 0 atom stereocenters. The molecule has 0 aliphatic heterocycles. The van der Waals surface area contributed by atoms with Crippen LogP contribution in [0.4, 0.5) is 5.69 Å². The monoisotopic (exact) mass is 195 g/mol. The number of hydrogen-bond acceptors (Lipinski definition) is 3. The Morgan fingerprint density at radius 3 is 3.00 bits per heavy atom. The fraction of sp³-hybridized carbons (Fsp3) is 0.111. The van der Waals surface area contributed by atoms with Crippen molar-refractivity contribution in [3.8, 4) is 0 Å². The Kier molecular flexibility index (Phi) is 3.46. The first-order valence-electron chi connectivity index (χ1n) is 3.78. The van der Waals surface area contributed by atoms with Gasteiger partial charge in [-0.1, -0.05) is 17.7 Å². The molecule has 1 heterocycles. The fourth-order valence-electron chi connectivity index (χ4n) is 0.893. The Hall–Kier alpha value is -1.35. The molecule has 1 aromatic heterocycles. The predicted molar refractivity (Wildman–Crippen MR) is 56.1 cm³/mol. The minimum Gasteiger partial charge on any atom is -0.242 e. The first kappa shape index (κ1) is 9.74. The highest BCUT2D eigenvalue weighted by Crippen LogP contribution is 2.22. The van der Waals surface area contributed by atoms with Gasteiger partial charge in [0.1, 0.15) is 5.69 Å². The van der Waals surface area contributed by atoms with Crippen molar-refractivity contribution in [1.82, 2.24) is 4.98 Å². The maximum atomic E-state index is 5.86. The van der Waals surface area contributed by atoms with E-state index in [1.807, 2.05) is 19.1 Å². The van der Waals surface area contributed by atoms with Crippen LogP contribution in [0.5, 0.6) is 0 Å². The Labute approximate surface area is 82.3 Å². The quantitative estimate of drug-likeness (QED) is 0.422. The van der Waals surface area contributed by atoms with Gasteiger partial charge >= 0.3 is 0 Å². The van der Waals surface area contributed by atoms with Gasteiger partial charge in [-0.15, -0.1) is 0 Å². The number of aromatic nitrogens is 1. The normalized spacial score (nSPS) is 10.3. The van der Waals surface area contributed by atoms with Gasteiger partial charge in [-0.25, -0.2) is 9.99 Å². The van der Waals surface area contributed by atoms with Gasteiger partial charge < -0.3 is 0 Å². The van der Waals surface area contributed by atoms with E-state index in [9.17, 15) is 0 Å². The number of allylic oxidation sites excluding steroid dienone is 1. The SMILES string of the molecule is C=NN(/C=C\C)c1cccnc1Cl. The smallest absolute Gasteiger partial charge is 0.154 e. The molecule has 13 heavy (non-hydrogen) atoms. The highest BCUT2D eigenvalue weighted by molar-refractivity contribution is 6.32. The van der Waals surface area contributed by atoms with E-state index in [1.54, 1.807) is 23.5 Å². The van der Waals surface area contributed by atoms with Crippen molar-refractivity contribution in [3.05, 3.63) is 35.8 Å². The van der Waals surface area contributed by atoms with E-state index < -0.39 is 0 Å².